The quantitative estimate of drug-likeness (QED) is 0.740. The number of nitrogens with one attached hydrogen (secondary N) is 1. The van der Waals surface area contributed by atoms with Crippen molar-refractivity contribution in [3.05, 3.63) is 24.4 Å². The molecule has 1 aliphatic heterocycles. The monoisotopic (exact) mass is 417 g/mol. The van der Waals surface area contributed by atoms with E-state index in [1.165, 1.54) is 32.1 Å². The average Bonchev–Trinajstić information content (AvgIpc) is 2.68. The van der Waals surface area contributed by atoms with Gasteiger partial charge in [-0.25, -0.2) is 4.98 Å². The van der Waals surface area contributed by atoms with Crippen LogP contribution in [0.1, 0.15) is 32.1 Å². The lowest BCUT2D eigenvalue weighted by Crippen LogP contribution is -2.52. The molecule has 1 aromatic heterocycles. The van der Waals surface area contributed by atoms with Crippen LogP contribution in [0.2, 0.25) is 0 Å². The summed E-state index contributed by atoms with van der Waals surface area (Å²) in [5.41, 5.74) is 5.93. The number of hydrogen-bond acceptors (Lipinski definition) is 5. The second-order valence-corrected chi connectivity index (χ2v) is 7.26. The van der Waals surface area contributed by atoms with Crippen LogP contribution in [0.5, 0.6) is 0 Å². The third kappa shape index (κ3) is 7.11. The molecule has 8 heteroatoms. The van der Waals surface area contributed by atoms with Crippen molar-refractivity contribution in [2.75, 3.05) is 44.2 Å². The largest absolute Gasteiger partial charge is 0.354 e. The summed E-state index contributed by atoms with van der Waals surface area (Å²) in [6, 6.07) is 6.13. The molecule has 0 bridgehead atoms. The zero-order valence-corrected chi connectivity index (χ0v) is 17.5. The normalized spacial score (nSPS) is 19.5. The Balaban J connectivity index is 0.00000182. The number of amides is 1. The van der Waals surface area contributed by atoms with Crippen molar-refractivity contribution in [2.24, 2.45) is 11.7 Å². The molecule has 2 fully saturated rings. The van der Waals surface area contributed by atoms with Crippen LogP contribution >= 0.6 is 24.8 Å². The maximum absolute atomic E-state index is 12.4. The smallest absolute Gasteiger partial charge is 0.234 e. The van der Waals surface area contributed by atoms with Gasteiger partial charge >= 0.3 is 0 Å². The van der Waals surface area contributed by atoms with Gasteiger partial charge in [-0.1, -0.05) is 25.3 Å². The van der Waals surface area contributed by atoms with E-state index in [-0.39, 0.29) is 36.8 Å². The molecule has 2 aliphatic rings. The Kier molecular flexibility index (Phi) is 11.0. The van der Waals surface area contributed by atoms with Crippen molar-refractivity contribution in [3.63, 3.8) is 0 Å². The van der Waals surface area contributed by atoms with E-state index in [1.807, 2.05) is 24.4 Å². The lowest BCUT2D eigenvalue weighted by molar-refractivity contribution is -0.123. The minimum absolute atomic E-state index is 0. The SMILES string of the molecule is Cl.Cl.NCC(NC(=O)CN1CCN(c2ccccn2)CC1)C1CCCCC1. The highest BCUT2D eigenvalue weighted by Crippen LogP contribution is 2.26. The molecule has 0 spiro atoms. The first-order chi connectivity index (χ1) is 12.3. The van der Waals surface area contributed by atoms with E-state index in [1.54, 1.807) is 0 Å². The van der Waals surface area contributed by atoms with Crippen molar-refractivity contribution >= 4 is 36.5 Å². The number of halogens is 2. The molecule has 1 amide bonds. The van der Waals surface area contributed by atoms with Gasteiger partial charge in [-0.15, -0.1) is 24.8 Å². The van der Waals surface area contributed by atoms with Gasteiger partial charge in [0.1, 0.15) is 5.82 Å². The average molecular weight is 418 g/mol. The van der Waals surface area contributed by atoms with E-state index in [2.05, 4.69) is 20.1 Å². The maximum atomic E-state index is 12.4. The Morgan fingerprint density at radius 2 is 1.85 bits per heavy atom. The first-order valence-electron chi connectivity index (χ1n) is 9.64. The fraction of sp³-hybridized carbons (Fsp3) is 0.684. The van der Waals surface area contributed by atoms with Gasteiger partial charge in [0.05, 0.1) is 6.54 Å². The predicted octanol–water partition coefficient (Wildman–Crippen LogP) is 2.07. The zero-order valence-electron chi connectivity index (χ0n) is 15.9. The van der Waals surface area contributed by atoms with E-state index in [0.717, 1.165) is 32.0 Å². The van der Waals surface area contributed by atoms with E-state index in [0.29, 0.717) is 19.0 Å². The van der Waals surface area contributed by atoms with Crippen molar-refractivity contribution < 1.29 is 4.79 Å². The lowest BCUT2D eigenvalue weighted by atomic mass is 9.84. The van der Waals surface area contributed by atoms with Crippen LogP contribution in [0, 0.1) is 5.92 Å². The summed E-state index contributed by atoms with van der Waals surface area (Å²) in [4.78, 5) is 21.3. The molecule has 1 saturated carbocycles. The number of hydrogen-bond donors (Lipinski definition) is 2. The molecular weight excluding hydrogens is 385 g/mol. The number of piperazine rings is 1. The number of pyridine rings is 1. The fourth-order valence-electron chi connectivity index (χ4n) is 4.04. The minimum atomic E-state index is 0. The molecule has 0 radical (unpaired) electrons. The van der Waals surface area contributed by atoms with E-state index in [4.69, 9.17) is 5.73 Å². The fourth-order valence-corrected chi connectivity index (χ4v) is 4.04. The van der Waals surface area contributed by atoms with E-state index >= 15 is 0 Å². The van der Waals surface area contributed by atoms with Crippen LogP contribution in [0.25, 0.3) is 0 Å². The standard InChI is InChI=1S/C19H31N5O.2ClH/c20-14-17(16-6-2-1-3-7-16)22-19(25)15-23-10-12-24(13-11-23)18-8-4-5-9-21-18;;/h4-5,8-9,16-17H,1-3,6-7,10-15,20H2,(H,22,25);2*1H. The van der Waals surface area contributed by atoms with Crippen LogP contribution < -0.4 is 16.0 Å². The molecule has 1 unspecified atom stereocenters. The van der Waals surface area contributed by atoms with Crippen molar-refractivity contribution in [3.8, 4) is 0 Å². The van der Waals surface area contributed by atoms with Gasteiger partial charge in [0.25, 0.3) is 0 Å². The lowest BCUT2D eigenvalue weighted by Gasteiger charge is -2.35. The van der Waals surface area contributed by atoms with Crippen LogP contribution in [-0.2, 0) is 4.79 Å². The first-order valence-corrected chi connectivity index (χ1v) is 9.64. The molecule has 3 rings (SSSR count). The molecule has 1 atom stereocenters. The molecule has 1 aliphatic carbocycles. The van der Waals surface area contributed by atoms with Gasteiger partial charge < -0.3 is 16.0 Å². The molecule has 6 nitrogen and oxygen atoms in total. The summed E-state index contributed by atoms with van der Waals surface area (Å²) in [5, 5.41) is 3.20. The Labute approximate surface area is 175 Å². The third-order valence-electron chi connectivity index (χ3n) is 5.53. The Bertz CT molecular complexity index is 534. The van der Waals surface area contributed by atoms with Gasteiger partial charge in [-0.3, -0.25) is 9.69 Å². The number of carbonyl (C=O) groups is 1. The summed E-state index contributed by atoms with van der Waals surface area (Å²) in [5.74, 6) is 1.70. The summed E-state index contributed by atoms with van der Waals surface area (Å²) >= 11 is 0. The number of nitrogens with zero attached hydrogens (tertiary/aromatic N) is 3. The number of rotatable bonds is 6. The summed E-state index contributed by atoms with van der Waals surface area (Å²) < 4.78 is 0. The predicted molar refractivity (Wildman–Crippen MR) is 115 cm³/mol. The number of carbonyl (C=O) groups excluding carboxylic acids is 1. The van der Waals surface area contributed by atoms with E-state index < -0.39 is 0 Å². The van der Waals surface area contributed by atoms with Crippen LogP contribution in [-0.4, -0.2) is 61.1 Å². The van der Waals surface area contributed by atoms with Crippen molar-refractivity contribution in [2.45, 2.75) is 38.1 Å². The third-order valence-corrected chi connectivity index (χ3v) is 5.53. The molecule has 154 valence electrons. The number of nitrogens with two attached hydrogens (primary N) is 1. The second-order valence-electron chi connectivity index (χ2n) is 7.26. The van der Waals surface area contributed by atoms with Crippen LogP contribution in [0.15, 0.2) is 24.4 Å². The van der Waals surface area contributed by atoms with Crippen molar-refractivity contribution in [1.29, 1.82) is 0 Å². The molecule has 0 aromatic carbocycles. The maximum Gasteiger partial charge on any atom is 0.234 e. The summed E-state index contributed by atoms with van der Waals surface area (Å²) in [6.07, 6.45) is 8.09. The molecule has 2 heterocycles. The summed E-state index contributed by atoms with van der Waals surface area (Å²) in [6.45, 7) is 4.62. The molecule has 27 heavy (non-hydrogen) atoms. The second kappa shape index (κ2) is 12.4. The van der Waals surface area contributed by atoms with Gasteiger partial charge in [-0.05, 0) is 30.9 Å². The zero-order chi connectivity index (χ0) is 17.5. The van der Waals surface area contributed by atoms with Gasteiger partial charge in [-0.2, -0.15) is 0 Å². The van der Waals surface area contributed by atoms with Crippen molar-refractivity contribution in [1.82, 2.24) is 15.2 Å². The highest BCUT2D eigenvalue weighted by molar-refractivity contribution is 5.85. The molecule has 1 saturated heterocycles. The molecule has 1 aromatic rings. The highest BCUT2D eigenvalue weighted by atomic mass is 35.5. The Morgan fingerprint density at radius 1 is 1.15 bits per heavy atom. The summed E-state index contributed by atoms with van der Waals surface area (Å²) in [7, 11) is 0. The van der Waals surface area contributed by atoms with Crippen LogP contribution in [0.3, 0.4) is 0 Å². The molecule has 3 N–H and O–H groups in total. The van der Waals surface area contributed by atoms with E-state index in [9.17, 15) is 4.79 Å². The number of aromatic nitrogens is 1. The minimum Gasteiger partial charge on any atom is -0.354 e. The van der Waals surface area contributed by atoms with Crippen LogP contribution in [0.4, 0.5) is 5.82 Å². The Hall–Kier alpha value is -1.08. The topological polar surface area (TPSA) is 74.5 Å². The van der Waals surface area contributed by atoms with Gasteiger partial charge in [0.15, 0.2) is 0 Å². The number of anilines is 1. The molecular formula is C19H33Cl2N5O. The highest BCUT2D eigenvalue weighted by Gasteiger charge is 2.25. The Morgan fingerprint density at radius 3 is 2.44 bits per heavy atom. The van der Waals surface area contributed by atoms with Gasteiger partial charge in [0, 0.05) is 45.0 Å². The van der Waals surface area contributed by atoms with Gasteiger partial charge in [0.2, 0.25) is 5.91 Å². The first kappa shape index (κ1) is 24.0.